The average Bonchev–Trinajstić information content (AvgIpc) is 2.95. The first-order valence-corrected chi connectivity index (χ1v) is 5.97. The number of rotatable bonds is 1. The van der Waals surface area contributed by atoms with Crippen molar-refractivity contribution in [3.05, 3.63) is 29.1 Å². The van der Waals surface area contributed by atoms with Gasteiger partial charge in [-0.15, -0.1) is 0 Å². The van der Waals surface area contributed by atoms with Crippen molar-refractivity contribution in [2.24, 2.45) is 11.8 Å². The molecule has 2 heterocycles. The average molecular weight is 278 g/mol. The maximum absolute atomic E-state index is 13.7. The standard InChI is InChI=1S/C12H11F5N2/c13-7-8(14)10(16)12(11(17)9(7)15)19-3-5-1-18-2-6(5)4-19/h5-6,18H,1-4H2. The van der Waals surface area contributed by atoms with Gasteiger partial charge in [-0.05, 0) is 11.8 Å². The fourth-order valence-corrected chi connectivity index (χ4v) is 2.91. The summed E-state index contributed by atoms with van der Waals surface area (Å²) in [5.41, 5.74) is -0.800. The Morgan fingerprint density at radius 3 is 1.63 bits per heavy atom. The molecule has 0 aromatic heterocycles. The van der Waals surface area contributed by atoms with Crippen molar-refractivity contribution in [1.82, 2.24) is 5.32 Å². The Balaban J connectivity index is 2.02. The van der Waals surface area contributed by atoms with Gasteiger partial charge in [0.05, 0.1) is 0 Å². The zero-order chi connectivity index (χ0) is 13.7. The molecular formula is C12H11F5N2. The summed E-state index contributed by atoms with van der Waals surface area (Å²) in [6.07, 6.45) is 0. The Labute approximate surface area is 106 Å². The van der Waals surface area contributed by atoms with Crippen molar-refractivity contribution in [2.75, 3.05) is 31.1 Å². The van der Waals surface area contributed by atoms with Gasteiger partial charge in [-0.2, -0.15) is 0 Å². The third-order valence-corrected chi connectivity index (χ3v) is 3.89. The minimum Gasteiger partial charge on any atom is -0.366 e. The third kappa shape index (κ3) is 1.79. The van der Waals surface area contributed by atoms with Crippen LogP contribution in [-0.4, -0.2) is 26.2 Å². The molecule has 0 amide bonds. The Morgan fingerprint density at radius 2 is 1.16 bits per heavy atom. The number of hydrogen-bond acceptors (Lipinski definition) is 2. The lowest BCUT2D eigenvalue weighted by Crippen LogP contribution is -2.28. The van der Waals surface area contributed by atoms with Gasteiger partial charge in [0.1, 0.15) is 5.69 Å². The smallest absolute Gasteiger partial charge is 0.200 e. The Bertz CT molecular complexity index is 492. The van der Waals surface area contributed by atoms with Gasteiger partial charge in [-0.1, -0.05) is 0 Å². The molecule has 3 rings (SSSR count). The molecule has 0 bridgehead atoms. The van der Waals surface area contributed by atoms with Gasteiger partial charge < -0.3 is 10.2 Å². The SMILES string of the molecule is Fc1c(F)c(F)c(N2CC3CNCC3C2)c(F)c1F. The van der Waals surface area contributed by atoms with Gasteiger partial charge in [-0.25, -0.2) is 22.0 Å². The molecule has 2 atom stereocenters. The summed E-state index contributed by atoms with van der Waals surface area (Å²) in [4.78, 5) is 1.26. The first-order chi connectivity index (χ1) is 9.00. The highest BCUT2D eigenvalue weighted by Crippen LogP contribution is 2.36. The van der Waals surface area contributed by atoms with Crippen LogP contribution in [0.3, 0.4) is 0 Å². The second kappa shape index (κ2) is 4.33. The van der Waals surface area contributed by atoms with E-state index in [2.05, 4.69) is 5.32 Å². The summed E-state index contributed by atoms with van der Waals surface area (Å²) in [6.45, 7) is 2.01. The van der Waals surface area contributed by atoms with Gasteiger partial charge in [-0.3, -0.25) is 0 Å². The van der Waals surface area contributed by atoms with Crippen LogP contribution >= 0.6 is 0 Å². The highest BCUT2D eigenvalue weighted by atomic mass is 19.2. The monoisotopic (exact) mass is 278 g/mol. The predicted octanol–water partition coefficient (Wildman–Crippen LogP) is 2.04. The third-order valence-electron chi connectivity index (χ3n) is 3.89. The fraction of sp³-hybridized carbons (Fsp3) is 0.500. The lowest BCUT2D eigenvalue weighted by Gasteiger charge is -2.21. The zero-order valence-corrected chi connectivity index (χ0v) is 9.82. The topological polar surface area (TPSA) is 15.3 Å². The van der Waals surface area contributed by atoms with E-state index >= 15 is 0 Å². The van der Waals surface area contributed by atoms with Crippen molar-refractivity contribution in [3.63, 3.8) is 0 Å². The molecule has 19 heavy (non-hydrogen) atoms. The number of benzene rings is 1. The van der Waals surface area contributed by atoms with Gasteiger partial charge in [0, 0.05) is 26.2 Å². The molecule has 0 radical (unpaired) electrons. The Kier molecular flexibility index (Phi) is 2.88. The highest BCUT2D eigenvalue weighted by Gasteiger charge is 2.39. The van der Waals surface area contributed by atoms with Gasteiger partial charge >= 0.3 is 0 Å². The van der Waals surface area contributed by atoms with E-state index in [-0.39, 0.29) is 11.8 Å². The summed E-state index contributed by atoms with van der Waals surface area (Å²) in [5, 5.41) is 3.14. The second-order valence-corrected chi connectivity index (χ2v) is 5.00. The molecule has 7 heteroatoms. The van der Waals surface area contributed by atoms with Crippen molar-refractivity contribution < 1.29 is 22.0 Å². The minimum absolute atomic E-state index is 0.190. The van der Waals surface area contributed by atoms with E-state index in [9.17, 15) is 22.0 Å². The van der Waals surface area contributed by atoms with Crippen LogP contribution in [0, 0.1) is 40.9 Å². The molecule has 104 valence electrons. The minimum atomic E-state index is -2.11. The molecule has 0 saturated carbocycles. The van der Waals surface area contributed by atoms with Crippen LogP contribution in [-0.2, 0) is 0 Å². The van der Waals surface area contributed by atoms with E-state index in [0.29, 0.717) is 26.2 Å². The van der Waals surface area contributed by atoms with Crippen molar-refractivity contribution in [2.45, 2.75) is 0 Å². The number of hydrogen-bond donors (Lipinski definition) is 1. The number of halogens is 5. The summed E-state index contributed by atoms with van der Waals surface area (Å²) in [5.74, 6) is -8.99. The van der Waals surface area contributed by atoms with Gasteiger partial charge in [0.15, 0.2) is 23.3 Å². The van der Waals surface area contributed by atoms with Crippen LogP contribution in [0.2, 0.25) is 0 Å². The van der Waals surface area contributed by atoms with Crippen molar-refractivity contribution >= 4 is 5.69 Å². The first-order valence-electron chi connectivity index (χ1n) is 5.97. The van der Waals surface area contributed by atoms with E-state index in [1.165, 1.54) is 4.90 Å². The molecular weight excluding hydrogens is 267 g/mol. The van der Waals surface area contributed by atoms with E-state index in [1.54, 1.807) is 0 Å². The largest absolute Gasteiger partial charge is 0.366 e. The molecule has 2 fully saturated rings. The van der Waals surface area contributed by atoms with Crippen molar-refractivity contribution in [1.29, 1.82) is 0 Å². The maximum atomic E-state index is 13.7. The van der Waals surface area contributed by atoms with Crippen LogP contribution in [0.5, 0.6) is 0 Å². The predicted molar refractivity (Wildman–Crippen MR) is 58.3 cm³/mol. The maximum Gasteiger partial charge on any atom is 0.200 e. The first kappa shape index (κ1) is 12.7. The fourth-order valence-electron chi connectivity index (χ4n) is 2.91. The molecule has 2 aliphatic rings. The Hall–Kier alpha value is -1.37. The second-order valence-electron chi connectivity index (χ2n) is 5.00. The molecule has 2 saturated heterocycles. The quantitative estimate of drug-likeness (QED) is 0.480. The Morgan fingerprint density at radius 1 is 0.737 bits per heavy atom. The molecule has 0 aliphatic carbocycles. The molecule has 1 N–H and O–H groups in total. The van der Waals surface area contributed by atoms with Gasteiger partial charge in [0.2, 0.25) is 5.82 Å². The van der Waals surface area contributed by atoms with Gasteiger partial charge in [0.25, 0.3) is 0 Å². The van der Waals surface area contributed by atoms with Crippen LogP contribution in [0.25, 0.3) is 0 Å². The molecule has 2 unspecified atom stereocenters. The van der Waals surface area contributed by atoms with E-state index in [4.69, 9.17) is 0 Å². The van der Waals surface area contributed by atoms with E-state index in [0.717, 1.165) is 0 Å². The van der Waals surface area contributed by atoms with Crippen LogP contribution < -0.4 is 10.2 Å². The molecule has 2 aliphatic heterocycles. The summed E-state index contributed by atoms with van der Waals surface area (Å²) in [6, 6.07) is 0. The number of fused-ring (bicyclic) bond motifs is 1. The number of nitrogens with zero attached hydrogens (tertiary/aromatic N) is 1. The molecule has 1 aromatic carbocycles. The summed E-state index contributed by atoms with van der Waals surface area (Å²) in [7, 11) is 0. The molecule has 1 aromatic rings. The number of nitrogens with one attached hydrogen (secondary N) is 1. The molecule has 2 nitrogen and oxygen atoms in total. The van der Waals surface area contributed by atoms with Crippen LogP contribution in [0.15, 0.2) is 0 Å². The normalized spacial score (nSPS) is 26.1. The lowest BCUT2D eigenvalue weighted by atomic mass is 10.0. The number of anilines is 1. The van der Waals surface area contributed by atoms with Crippen LogP contribution in [0.1, 0.15) is 0 Å². The van der Waals surface area contributed by atoms with E-state index < -0.39 is 34.8 Å². The van der Waals surface area contributed by atoms with Crippen molar-refractivity contribution in [3.8, 4) is 0 Å². The summed E-state index contributed by atoms with van der Waals surface area (Å²) >= 11 is 0. The van der Waals surface area contributed by atoms with Crippen LogP contribution in [0.4, 0.5) is 27.6 Å². The highest BCUT2D eigenvalue weighted by molar-refractivity contribution is 5.51. The molecule has 0 spiro atoms. The zero-order valence-electron chi connectivity index (χ0n) is 9.82. The lowest BCUT2D eigenvalue weighted by molar-refractivity contribution is 0.378. The summed E-state index contributed by atoms with van der Waals surface area (Å²) < 4.78 is 66.6. The van der Waals surface area contributed by atoms with E-state index in [1.807, 2.05) is 0 Å².